The lowest BCUT2D eigenvalue weighted by molar-refractivity contribution is -0.126. The fourth-order valence-corrected chi connectivity index (χ4v) is 4.11. The molecule has 0 atom stereocenters. The van der Waals surface area contributed by atoms with Crippen LogP contribution in [0.4, 0.5) is 0 Å². The summed E-state index contributed by atoms with van der Waals surface area (Å²) in [5.74, 6) is 1.16. The lowest BCUT2D eigenvalue weighted by atomic mass is 10.1. The minimum atomic E-state index is -0.155. The van der Waals surface area contributed by atoms with Gasteiger partial charge in [-0.25, -0.2) is 4.98 Å². The Bertz CT molecular complexity index is 928. The fourth-order valence-electron chi connectivity index (χ4n) is 2.69. The third-order valence-corrected chi connectivity index (χ3v) is 5.81. The normalized spacial score (nSPS) is 10.8. The van der Waals surface area contributed by atoms with Gasteiger partial charge in [-0.2, -0.15) is 0 Å². The van der Waals surface area contributed by atoms with Gasteiger partial charge in [-0.15, -0.1) is 11.3 Å². The summed E-state index contributed by atoms with van der Waals surface area (Å²) in [6.45, 7) is 0.828. The zero-order chi connectivity index (χ0) is 19.9. The molecule has 3 rings (SSSR count). The predicted molar refractivity (Wildman–Crippen MR) is 113 cm³/mol. The van der Waals surface area contributed by atoms with Crippen LogP contribution in [0.2, 0.25) is 0 Å². The highest BCUT2D eigenvalue weighted by molar-refractivity contribution is 9.10. The number of ether oxygens (including phenoxy) is 3. The summed E-state index contributed by atoms with van der Waals surface area (Å²) in [5.41, 5.74) is 1.98. The highest BCUT2D eigenvalue weighted by Crippen LogP contribution is 2.33. The van der Waals surface area contributed by atoms with Crippen molar-refractivity contribution >= 4 is 43.4 Å². The Kier molecular flexibility index (Phi) is 7.24. The number of rotatable bonds is 9. The van der Waals surface area contributed by atoms with Crippen LogP contribution in [0, 0.1) is 0 Å². The van der Waals surface area contributed by atoms with Crippen molar-refractivity contribution in [3.05, 3.63) is 51.4 Å². The lowest BCUT2D eigenvalue weighted by Gasteiger charge is -2.12. The van der Waals surface area contributed by atoms with E-state index in [-0.39, 0.29) is 12.5 Å². The molecule has 6 nitrogen and oxygen atoms in total. The number of methoxy groups -OCH3 is 2. The highest BCUT2D eigenvalue weighted by atomic mass is 79.9. The van der Waals surface area contributed by atoms with Crippen LogP contribution in [0.15, 0.2) is 40.9 Å². The van der Waals surface area contributed by atoms with E-state index in [4.69, 9.17) is 14.2 Å². The van der Waals surface area contributed by atoms with Gasteiger partial charge in [0.25, 0.3) is 0 Å². The predicted octanol–water partition coefficient (Wildman–Crippen LogP) is 3.95. The number of nitrogens with zero attached hydrogens (tertiary/aromatic N) is 1. The third-order valence-electron chi connectivity index (χ3n) is 4.07. The maximum absolute atomic E-state index is 12.0. The molecule has 1 amide bonds. The number of para-hydroxylation sites is 1. The van der Waals surface area contributed by atoms with Crippen molar-refractivity contribution in [2.75, 3.05) is 27.4 Å². The number of benzene rings is 2. The zero-order valence-electron chi connectivity index (χ0n) is 15.7. The quantitative estimate of drug-likeness (QED) is 0.518. The first-order chi connectivity index (χ1) is 13.6. The van der Waals surface area contributed by atoms with Crippen molar-refractivity contribution in [2.45, 2.75) is 13.0 Å². The average molecular weight is 465 g/mol. The summed E-state index contributed by atoms with van der Waals surface area (Å²) in [6.07, 6.45) is 0.657. The second-order valence-corrected chi connectivity index (χ2v) is 7.94. The summed E-state index contributed by atoms with van der Waals surface area (Å²) >= 11 is 5.10. The van der Waals surface area contributed by atoms with Gasteiger partial charge in [-0.3, -0.25) is 4.79 Å². The first kappa shape index (κ1) is 20.6. The maximum atomic E-state index is 12.0. The molecule has 0 spiro atoms. The van der Waals surface area contributed by atoms with Crippen LogP contribution in [-0.2, 0) is 22.6 Å². The Morgan fingerprint density at radius 1 is 1.18 bits per heavy atom. The molecule has 1 N–H and O–H groups in total. The summed E-state index contributed by atoms with van der Waals surface area (Å²) < 4.78 is 18.1. The number of thiazole rings is 1. The Labute approximate surface area is 176 Å². The third kappa shape index (κ3) is 5.21. The molecule has 0 aliphatic carbocycles. The van der Waals surface area contributed by atoms with Crippen LogP contribution < -0.4 is 14.8 Å². The first-order valence-corrected chi connectivity index (χ1v) is 10.3. The molecular formula is C20H21BrN2O4S. The molecule has 1 heterocycles. The molecule has 0 unspecified atom stereocenters. The van der Waals surface area contributed by atoms with Gasteiger partial charge < -0.3 is 19.5 Å². The summed E-state index contributed by atoms with van der Waals surface area (Å²) in [6, 6.07) is 11.7. The van der Waals surface area contributed by atoms with E-state index >= 15 is 0 Å². The van der Waals surface area contributed by atoms with Gasteiger partial charge in [0.1, 0.15) is 11.6 Å². The van der Waals surface area contributed by atoms with Crippen LogP contribution >= 0.6 is 27.3 Å². The van der Waals surface area contributed by atoms with Crippen molar-refractivity contribution in [1.82, 2.24) is 10.3 Å². The SMILES string of the molecule is COc1cc(Br)c(CCNC(=O)COCc2nc3ccccc3s2)cc1OC. The number of carbonyl (C=O) groups excluding carboxylic acids is 1. The van der Waals surface area contributed by atoms with Gasteiger partial charge in [0.15, 0.2) is 11.5 Å². The van der Waals surface area contributed by atoms with Gasteiger partial charge in [0, 0.05) is 11.0 Å². The van der Waals surface area contributed by atoms with Crippen molar-refractivity contribution in [3.8, 4) is 11.5 Å². The van der Waals surface area contributed by atoms with Gasteiger partial charge in [-0.05, 0) is 36.2 Å². The number of carbonyl (C=O) groups is 1. The van der Waals surface area contributed by atoms with E-state index in [1.54, 1.807) is 25.6 Å². The highest BCUT2D eigenvalue weighted by Gasteiger charge is 2.10. The van der Waals surface area contributed by atoms with Gasteiger partial charge in [-0.1, -0.05) is 28.1 Å². The second-order valence-electron chi connectivity index (χ2n) is 5.97. The Balaban J connectivity index is 1.43. The summed E-state index contributed by atoms with van der Waals surface area (Å²) in [5, 5.41) is 3.73. The molecule has 0 saturated heterocycles. The van der Waals surface area contributed by atoms with Crippen LogP contribution in [0.5, 0.6) is 11.5 Å². The van der Waals surface area contributed by atoms with Crippen molar-refractivity contribution < 1.29 is 19.0 Å². The monoisotopic (exact) mass is 464 g/mol. The smallest absolute Gasteiger partial charge is 0.246 e. The Morgan fingerprint density at radius 2 is 1.93 bits per heavy atom. The minimum Gasteiger partial charge on any atom is -0.493 e. The molecular weight excluding hydrogens is 444 g/mol. The number of fused-ring (bicyclic) bond motifs is 1. The Hall–Kier alpha value is -2.16. The molecule has 0 bridgehead atoms. The van der Waals surface area contributed by atoms with Crippen molar-refractivity contribution in [3.63, 3.8) is 0 Å². The van der Waals surface area contributed by atoms with E-state index in [1.807, 2.05) is 36.4 Å². The zero-order valence-corrected chi connectivity index (χ0v) is 18.1. The molecule has 8 heteroatoms. The average Bonchev–Trinajstić information content (AvgIpc) is 3.11. The Morgan fingerprint density at radius 3 is 2.68 bits per heavy atom. The van der Waals surface area contributed by atoms with Gasteiger partial charge >= 0.3 is 0 Å². The second kappa shape index (κ2) is 9.86. The number of hydrogen-bond donors (Lipinski definition) is 1. The van der Waals surface area contributed by atoms with Crippen LogP contribution in [-0.4, -0.2) is 38.3 Å². The minimum absolute atomic E-state index is 0.00300. The fraction of sp³-hybridized carbons (Fsp3) is 0.300. The molecule has 28 heavy (non-hydrogen) atoms. The number of halogens is 1. The largest absolute Gasteiger partial charge is 0.493 e. The molecule has 0 aliphatic heterocycles. The van der Waals surface area contributed by atoms with E-state index in [9.17, 15) is 4.79 Å². The van der Waals surface area contributed by atoms with E-state index < -0.39 is 0 Å². The molecule has 1 aromatic heterocycles. The topological polar surface area (TPSA) is 69.7 Å². The molecule has 148 valence electrons. The van der Waals surface area contributed by atoms with E-state index in [1.165, 1.54) is 0 Å². The van der Waals surface area contributed by atoms with Crippen molar-refractivity contribution in [1.29, 1.82) is 0 Å². The summed E-state index contributed by atoms with van der Waals surface area (Å²) in [4.78, 5) is 16.5. The lowest BCUT2D eigenvalue weighted by Crippen LogP contribution is -2.29. The first-order valence-electron chi connectivity index (χ1n) is 8.70. The standard InChI is InChI=1S/C20H21BrN2O4S/c1-25-16-9-13(14(21)10-17(16)26-2)7-8-22-19(24)11-27-12-20-23-15-5-3-4-6-18(15)28-20/h3-6,9-10H,7-8,11-12H2,1-2H3,(H,22,24). The van der Waals surface area contributed by atoms with Crippen LogP contribution in [0.1, 0.15) is 10.6 Å². The maximum Gasteiger partial charge on any atom is 0.246 e. The molecule has 0 fully saturated rings. The number of nitrogens with one attached hydrogen (secondary N) is 1. The van der Waals surface area contributed by atoms with Crippen LogP contribution in [0.3, 0.4) is 0 Å². The number of hydrogen-bond acceptors (Lipinski definition) is 6. The molecule has 3 aromatic rings. The molecule has 0 radical (unpaired) electrons. The van der Waals surface area contributed by atoms with Crippen LogP contribution in [0.25, 0.3) is 10.2 Å². The number of aromatic nitrogens is 1. The van der Waals surface area contributed by atoms with E-state index in [0.717, 1.165) is 25.3 Å². The summed E-state index contributed by atoms with van der Waals surface area (Å²) in [7, 11) is 3.19. The molecule has 0 saturated carbocycles. The van der Waals surface area contributed by atoms with E-state index in [2.05, 4.69) is 26.2 Å². The van der Waals surface area contributed by atoms with E-state index in [0.29, 0.717) is 31.1 Å². The molecule has 0 aliphatic rings. The van der Waals surface area contributed by atoms with Crippen molar-refractivity contribution in [2.24, 2.45) is 0 Å². The molecule has 2 aromatic carbocycles. The van der Waals surface area contributed by atoms with Gasteiger partial charge in [0.05, 0.1) is 31.0 Å². The number of amides is 1. The van der Waals surface area contributed by atoms with Gasteiger partial charge in [0.2, 0.25) is 5.91 Å².